The molecule has 0 bridgehead atoms. The number of aliphatic imine (C=N–C) groups is 1. The summed E-state index contributed by atoms with van der Waals surface area (Å²) in [5, 5.41) is 6.58. The van der Waals surface area contributed by atoms with Crippen LogP contribution >= 0.6 is 24.0 Å². The van der Waals surface area contributed by atoms with Crippen molar-refractivity contribution in [3.8, 4) is 17.2 Å². The quantitative estimate of drug-likeness (QED) is 0.196. The highest BCUT2D eigenvalue weighted by Crippen LogP contribution is 2.25. The number of methoxy groups -OCH3 is 3. The molecule has 2 aromatic rings. The van der Waals surface area contributed by atoms with E-state index in [1.54, 1.807) is 21.3 Å². The van der Waals surface area contributed by atoms with Crippen LogP contribution in [0.4, 0.5) is 5.69 Å². The summed E-state index contributed by atoms with van der Waals surface area (Å²) in [5.41, 5.74) is 1.87. The average Bonchev–Trinajstić information content (AvgIpc) is 2.75. The standard InChI is InChI=1S/C22H31N3O4.HI/c1-5-23-22(24-16-17-10-11-19(27-3)15-21(17)28-4)25-18-8-6-9-20(14-18)29-13-7-12-26-2;/h6,8-11,14-15H,5,7,12-13,16H2,1-4H3,(H2,23,24,25);1H. The first-order valence-electron chi connectivity index (χ1n) is 9.68. The Balaban J connectivity index is 0.00000450. The summed E-state index contributed by atoms with van der Waals surface area (Å²) in [7, 11) is 4.96. The number of benzene rings is 2. The molecular formula is C22H32IN3O4. The van der Waals surface area contributed by atoms with Crippen LogP contribution in [0.1, 0.15) is 18.9 Å². The maximum absolute atomic E-state index is 5.76. The van der Waals surface area contributed by atoms with Crippen molar-refractivity contribution >= 4 is 35.6 Å². The van der Waals surface area contributed by atoms with Gasteiger partial charge in [-0.2, -0.15) is 0 Å². The third kappa shape index (κ3) is 8.66. The highest BCUT2D eigenvalue weighted by atomic mass is 127. The lowest BCUT2D eigenvalue weighted by Gasteiger charge is -2.14. The van der Waals surface area contributed by atoms with Gasteiger partial charge in [0.05, 0.1) is 27.4 Å². The van der Waals surface area contributed by atoms with Gasteiger partial charge in [-0.15, -0.1) is 24.0 Å². The molecule has 8 heteroatoms. The highest BCUT2D eigenvalue weighted by Gasteiger charge is 2.06. The second-order valence-electron chi connectivity index (χ2n) is 6.22. The van der Waals surface area contributed by atoms with E-state index in [0.29, 0.717) is 25.7 Å². The molecule has 0 aliphatic heterocycles. The molecule has 0 radical (unpaired) electrons. The van der Waals surface area contributed by atoms with E-state index in [2.05, 4.69) is 15.6 Å². The topological polar surface area (TPSA) is 73.3 Å². The van der Waals surface area contributed by atoms with Gasteiger partial charge in [0.1, 0.15) is 17.2 Å². The van der Waals surface area contributed by atoms with Crippen LogP contribution in [0.5, 0.6) is 17.2 Å². The molecule has 30 heavy (non-hydrogen) atoms. The molecule has 0 fully saturated rings. The summed E-state index contributed by atoms with van der Waals surface area (Å²) in [4.78, 5) is 4.68. The van der Waals surface area contributed by atoms with E-state index in [1.807, 2.05) is 49.4 Å². The number of halogens is 1. The smallest absolute Gasteiger partial charge is 0.196 e. The largest absolute Gasteiger partial charge is 0.497 e. The molecule has 7 nitrogen and oxygen atoms in total. The predicted octanol–water partition coefficient (Wildman–Crippen LogP) is 4.31. The van der Waals surface area contributed by atoms with Gasteiger partial charge in [-0.25, -0.2) is 4.99 Å². The molecule has 0 saturated heterocycles. The van der Waals surface area contributed by atoms with Crippen LogP contribution in [0.15, 0.2) is 47.5 Å². The summed E-state index contributed by atoms with van der Waals surface area (Å²) >= 11 is 0. The summed E-state index contributed by atoms with van der Waals surface area (Å²) in [5.74, 6) is 2.98. The maximum atomic E-state index is 5.76. The van der Waals surface area contributed by atoms with Crippen molar-refractivity contribution in [1.82, 2.24) is 5.32 Å². The van der Waals surface area contributed by atoms with Gasteiger partial charge in [-0.05, 0) is 31.2 Å². The van der Waals surface area contributed by atoms with E-state index in [9.17, 15) is 0 Å². The molecule has 0 aliphatic rings. The molecule has 0 spiro atoms. The summed E-state index contributed by atoms with van der Waals surface area (Å²) < 4.78 is 21.5. The van der Waals surface area contributed by atoms with Gasteiger partial charge < -0.3 is 29.6 Å². The maximum Gasteiger partial charge on any atom is 0.196 e. The van der Waals surface area contributed by atoms with Gasteiger partial charge in [0, 0.05) is 50.1 Å². The molecule has 2 aromatic carbocycles. The Morgan fingerprint density at radius 2 is 1.80 bits per heavy atom. The van der Waals surface area contributed by atoms with Crippen molar-refractivity contribution in [2.24, 2.45) is 4.99 Å². The molecular weight excluding hydrogens is 497 g/mol. The zero-order valence-electron chi connectivity index (χ0n) is 18.1. The summed E-state index contributed by atoms with van der Waals surface area (Å²) in [6, 6.07) is 13.5. The summed E-state index contributed by atoms with van der Waals surface area (Å²) in [6.07, 6.45) is 0.849. The zero-order chi connectivity index (χ0) is 20.9. The van der Waals surface area contributed by atoms with Crippen molar-refractivity contribution in [2.45, 2.75) is 19.9 Å². The van der Waals surface area contributed by atoms with Crippen LogP contribution in [0.2, 0.25) is 0 Å². The lowest BCUT2D eigenvalue weighted by atomic mass is 10.2. The Morgan fingerprint density at radius 1 is 0.967 bits per heavy atom. The molecule has 0 unspecified atom stereocenters. The number of ether oxygens (including phenoxy) is 4. The van der Waals surface area contributed by atoms with E-state index in [4.69, 9.17) is 18.9 Å². The predicted molar refractivity (Wildman–Crippen MR) is 132 cm³/mol. The molecule has 2 N–H and O–H groups in total. The van der Waals surface area contributed by atoms with Gasteiger partial charge in [-0.1, -0.05) is 6.07 Å². The molecule has 0 aromatic heterocycles. The van der Waals surface area contributed by atoms with Crippen LogP contribution in [0.25, 0.3) is 0 Å². The average molecular weight is 529 g/mol. The number of hydrogen-bond donors (Lipinski definition) is 2. The fourth-order valence-electron chi connectivity index (χ4n) is 2.65. The fraction of sp³-hybridized carbons (Fsp3) is 0.409. The minimum atomic E-state index is 0. The van der Waals surface area contributed by atoms with Gasteiger partial charge >= 0.3 is 0 Å². The van der Waals surface area contributed by atoms with E-state index in [0.717, 1.165) is 41.5 Å². The van der Waals surface area contributed by atoms with Crippen molar-refractivity contribution in [3.05, 3.63) is 48.0 Å². The lowest BCUT2D eigenvalue weighted by molar-refractivity contribution is 0.172. The molecule has 166 valence electrons. The number of nitrogens with one attached hydrogen (secondary N) is 2. The first-order valence-corrected chi connectivity index (χ1v) is 9.68. The third-order valence-corrected chi connectivity index (χ3v) is 4.10. The van der Waals surface area contributed by atoms with E-state index < -0.39 is 0 Å². The molecule has 2 rings (SSSR count). The van der Waals surface area contributed by atoms with Crippen LogP contribution in [-0.4, -0.2) is 47.0 Å². The van der Waals surface area contributed by atoms with Crippen LogP contribution in [-0.2, 0) is 11.3 Å². The first kappa shape index (κ1) is 25.8. The van der Waals surface area contributed by atoms with Crippen LogP contribution in [0, 0.1) is 0 Å². The SMILES string of the molecule is CCNC(=NCc1ccc(OC)cc1OC)Nc1cccc(OCCCOC)c1.I. The molecule has 0 heterocycles. The monoisotopic (exact) mass is 529 g/mol. The second kappa shape index (κ2) is 14.7. The normalized spacial score (nSPS) is 10.7. The Kier molecular flexibility index (Phi) is 12.7. The van der Waals surface area contributed by atoms with Gasteiger partial charge in [0.2, 0.25) is 0 Å². The number of guanidine groups is 1. The van der Waals surface area contributed by atoms with Gasteiger partial charge in [0.25, 0.3) is 0 Å². The van der Waals surface area contributed by atoms with Gasteiger partial charge in [-0.3, -0.25) is 0 Å². The van der Waals surface area contributed by atoms with Crippen LogP contribution in [0.3, 0.4) is 0 Å². The number of anilines is 1. The summed E-state index contributed by atoms with van der Waals surface area (Å²) in [6.45, 7) is 4.54. The number of hydrogen-bond acceptors (Lipinski definition) is 5. The van der Waals surface area contributed by atoms with E-state index >= 15 is 0 Å². The molecule has 0 saturated carbocycles. The van der Waals surface area contributed by atoms with Crippen molar-refractivity contribution in [2.75, 3.05) is 46.4 Å². The van der Waals surface area contributed by atoms with Crippen molar-refractivity contribution in [1.29, 1.82) is 0 Å². The Hall–Kier alpha value is -2.20. The molecule has 0 aliphatic carbocycles. The fourth-order valence-corrected chi connectivity index (χ4v) is 2.65. The highest BCUT2D eigenvalue weighted by molar-refractivity contribution is 14.0. The minimum absolute atomic E-state index is 0. The third-order valence-electron chi connectivity index (χ3n) is 4.10. The zero-order valence-corrected chi connectivity index (χ0v) is 20.4. The van der Waals surface area contributed by atoms with Crippen molar-refractivity contribution < 1.29 is 18.9 Å². The second-order valence-corrected chi connectivity index (χ2v) is 6.22. The van der Waals surface area contributed by atoms with Crippen LogP contribution < -0.4 is 24.8 Å². The minimum Gasteiger partial charge on any atom is -0.497 e. The van der Waals surface area contributed by atoms with Gasteiger partial charge in [0.15, 0.2) is 5.96 Å². The number of nitrogens with zero attached hydrogens (tertiary/aromatic N) is 1. The Labute approximate surface area is 196 Å². The van der Waals surface area contributed by atoms with E-state index in [-0.39, 0.29) is 24.0 Å². The first-order chi connectivity index (χ1) is 14.2. The van der Waals surface area contributed by atoms with Crippen molar-refractivity contribution in [3.63, 3.8) is 0 Å². The van der Waals surface area contributed by atoms with E-state index in [1.165, 1.54) is 0 Å². The number of rotatable bonds is 11. The Bertz CT molecular complexity index is 787. The lowest BCUT2D eigenvalue weighted by Crippen LogP contribution is -2.30. The molecule has 0 amide bonds. The Morgan fingerprint density at radius 3 is 2.50 bits per heavy atom. The molecule has 0 atom stereocenters.